The van der Waals surface area contributed by atoms with Crippen LogP contribution in [-0.4, -0.2) is 29.3 Å². The third kappa shape index (κ3) is 2.82. The molecule has 1 saturated heterocycles. The molecule has 2 aliphatic heterocycles. The van der Waals surface area contributed by atoms with Gasteiger partial charge in [-0.2, -0.15) is 0 Å². The van der Waals surface area contributed by atoms with Crippen molar-refractivity contribution in [1.82, 2.24) is 4.90 Å². The van der Waals surface area contributed by atoms with Gasteiger partial charge < -0.3 is 10.5 Å². The third-order valence-corrected chi connectivity index (χ3v) is 7.03. The minimum absolute atomic E-state index is 0.191. The highest BCUT2D eigenvalue weighted by atomic mass is 32.2. The largest absolute Gasteiger partial charge is 0.464 e. The van der Waals surface area contributed by atoms with Crippen molar-refractivity contribution < 1.29 is 14.3 Å². The summed E-state index contributed by atoms with van der Waals surface area (Å²) in [4.78, 5) is 27.5. The number of thioether (sulfide) groups is 1. The zero-order chi connectivity index (χ0) is 20.8. The van der Waals surface area contributed by atoms with Crippen molar-refractivity contribution in [3.05, 3.63) is 95.2 Å². The van der Waals surface area contributed by atoms with Gasteiger partial charge in [0.2, 0.25) is 0 Å². The van der Waals surface area contributed by atoms with Gasteiger partial charge in [0.15, 0.2) is 5.54 Å². The number of nitrogens with two attached hydrogens (primary N) is 1. The van der Waals surface area contributed by atoms with Gasteiger partial charge in [0, 0.05) is 5.57 Å². The van der Waals surface area contributed by atoms with E-state index in [4.69, 9.17) is 10.5 Å². The molecule has 4 rings (SSSR count). The van der Waals surface area contributed by atoms with E-state index in [2.05, 4.69) is 6.58 Å². The Morgan fingerprint density at radius 1 is 1.14 bits per heavy atom. The second kappa shape index (κ2) is 7.21. The molecular formula is C23H22N2O3S. The van der Waals surface area contributed by atoms with E-state index >= 15 is 0 Å². The smallest absolute Gasteiger partial charge is 0.355 e. The number of benzene rings is 2. The van der Waals surface area contributed by atoms with E-state index in [0.717, 1.165) is 11.1 Å². The number of ether oxygens (including phenoxy) is 1. The number of nitrogens with zero attached hydrogens (tertiary/aromatic N) is 1. The number of fused-ring (bicyclic) bond motifs is 1. The molecule has 0 saturated carbocycles. The van der Waals surface area contributed by atoms with Crippen LogP contribution in [0, 0.1) is 0 Å². The molecule has 29 heavy (non-hydrogen) atoms. The monoisotopic (exact) mass is 406 g/mol. The van der Waals surface area contributed by atoms with Crippen LogP contribution in [0.5, 0.6) is 0 Å². The predicted octanol–water partition coefficient (Wildman–Crippen LogP) is 3.50. The molecule has 2 aliphatic rings. The molecule has 0 spiro atoms. The van der Waals surface area contributed by atoms with E-state index in [1.54, 1.807) is 11.8 Å². The van der Waals surface area contributed by atoms with Gasteiger partial charge in [0.1, 0.15) is 11.1 Å². The minimum atomic E-state index is -1.21. The Labute approximate surface area is 174 Å². The maximum atomic E-state index is 13.3. The van der Waals surface area contributed by atoms with Crippen LogP contribution in [0.1, 0.15) is 23.3 Å². The molecule has 1 fully saturated rings. The maximum Gasteiger partial charge on any atom is 0.355 e. The average Bonchev–Trinajstić information content (AvgIpc) is 2.77. The quantitative estimate of drug-likeness (QED) is 0.621. The van der Waals surface area contributed by atoms with Crippen molar-refractivity contribution in [3.63, 3.8) is 0 Å². The molecule has 2 heterocycles. The van der Waals surface area contributed by atoms with Gasteiger partial charge in [0.25, 0.3) is 5.91 Å². The number of hydrogen-bond acceptors (Lipinski definition) is 5. The van der Waals surface area contributed by atoms with Crippen LogP contribution >= 0.6 is 11.8 Å². The molecule has 5 nitrogen and oxygen atoms in total. The summed E-state index contributed by atoms with van der Waals surface area (Å²) < 4.78 is 5.05. The summed E-state index contributed by atoms with van der Waals surface area (Å²) in [6, 6.07) is 19.2. The number of hydrogen-bond donors (Lipinski definition) is 1. The first-order chi connectivity index (χ1) is 13.9. The summed E-state index contributed by atoms with van der Waals surface area (Å²) >= 11 is 1.56. The van der Waals surface area contributed by atoms with Crippen molar-refractivity contribution in [2.24, 2.45) is 5.73 Å². The van der Waals surface area contributed by atoms with E-state index in [0.29, 0.717) is 11.1 Å². The second-order valence-corrected chi connectivity index (χ2v) is 8.41. The second-order valence-electron chi connectivity index (χ2n) is 7.22. The predicted molar refractivity (Wildman–Crippen MR) is 114 cm³/mol. The lowest BCUT2D eigenvalue weighted by molar-refractivity contribution is -0.156. The van der Waals surface area contributed by atoms with Crippen LogP contribution < -0.4 is 5.73 Å². The molecule has 148 valence electrons. The Kier molecular flexibility index (Phi) is 4.84. The van der Waals surface area contributed by atoms with Crippen LogP contribution in [0.2, 0.25) is 0 Å². The lowest BCUT2D eigenvalue weighted by Crippen LogP contribution is -2.75. The average molecular weight is 407 g/mol. The molecule has 0 aromatic heterocycles. The van der Waals surface area contributed by atoms with E-state index in [9.17, 15) is 9.59 Å². The molecule has 0 aliphatic carbocycles. The Balaban J connectivity index is 1.91. The first kappa shape index (κ1) is 19.5. The molecule has 2 aromatic rings. The molecule has 0 radical (unpaired) electrons. The van der Waals surface area contributed by atoms with Crippen LogP contribution in [0.4, 0.5) is 0 Å². The van der Waals surface area contributed by atoms with E-state index in [1.807, 2.05) is 67.6 Å². The van der Waals surface area contributed by atoms with E-state index < -0.39 is 16.9 Å². The third-order valence-electron chi connectivity index (χ3n) is 5.41. The maximum absolute atomic E-state index is 13.3. The summed E-state index contributed by atoms with van der Waals surface area (Å²) in [5.74, 6) is -0.871. The minimum Gasteiger partial charge on any atom is -0.464 e. The lowest BCUT2D eigenvalue weighted by Gasteiger charge is -2.57. The molecular weight excluding hydrogens is 384 g/mol. The SMILES string of the molecule is C=C(C)C1=C(C(=O)OC)N2C(=O)C(N)(c3ccccc3)[C@@H]2SC1c1ccccc1. The van der Waals surface area contributed by atoms with Gasteiger partial charge in [-0.15, -0.1) is 11.8 Å². The number of allylic oxidation sites excluding steroid dienone is 1. The van der Waals surface area contributed by atoms with Gasteiger partial charge in [-0.3, -0.25) is 9.69 Å². The van der Waals surface area contributed by atoms with Crippen molar-refractivity contribution in [1.29, 1.82) is 0 Å². The number of methoxy groups -OCH3 is 1. The van der Waals surface area contributed by atoms with Crippen LogP contribution in [0.3, 0.4) is 0 Å². The highest BCUT2D eigenvalue weighted by Crippen LogP contribution is 2.57. The Morgan fingerprint density at radius 2 is 1.72 bits per heavy atom. The normalized spacial score (nSPS) is 25.9. The first-order valence-corrected chi connectivity index (χ1v) is 10.2. The zero-order valence-corrected chi connectivity index (χ0v) is 17.1. The van der Waals surface area contributed by atoms with Crippen molar-refractivity contribution in [3.8, 4) is 0 Å². The molecule has 2 N–H and O–H groups in total. The highest BCUT2D eigenvalue weighted by Gasteiger charge is 2.64. The van der Waals surface area contributed by atoms with Gasteiger partial charge in [-0.1, -0.05) is 72.8 Å². The fraction of sp³-hybridized carbons (Fsp3) is 0.217. The number of β-lactam (4-membered cyclic amide) rings is 1. The zero-order valence-electron chi connectivity index (χ0n) is 16.3. The first-order valence-electron chi connectivity index (χ1n) is 9.28. The Hall–Kier alpha value is -2.83. The van der Waals surface area contributed by atoms with Gasteiger partial charge >= 0.3 is 5.97 Å². The summed E-state index contributed by atoms with van der Waals surface area (Å²) in [5, 5.41) is -0.622. The topological polar surface area (TPSA) is 72.6 Å². The van der Waals surface area contributed by atoms with Crippen molar-refractivity contribution in [2.75, 3.05) is 7.11 Å². The summed E-state index contributed by atoms with van der Waals surface area (Å²) in [7, 11) is 1.32. The van der Waals surface area contributed by atoms with Gasteiger partial charge in [-0.05, 0) is 18.1 Å². The molecule has 2 aromatic carbocycles. The van der Waals surface area contributed by atoms with Crippen molar-refractivity contribution in [2.45, 2.75) is 23.1 Å². The molecule has 3 atom stereocenters. The summed E-state index contributed by atoms with van der Waals surface area (Å²) in [5.41, 5.74) is 8.87. The van der Waals surface area contributed by atoms with Crippen molar-refractivity contribution >= 4 is 23.6 Å². The number of rotatable bonds is 4. The fourth-order valence-corrected chi connectivity index (χ4v) is 5.77. The van der Waals surface area contributed by atoms with Crippen LogP contribution in [-0.2, 0) is 19.9 Å². The fourth-order valence-electron chi connectivity index (χ4n) is 3.97. The van der Waals surface area contributed by atoms with Gasteiger partial charge in [-0.25, -0.2) is 4.79 Å². The van der Waals surface area contributed by atoms with E-state index in [1.165, 1.54) is 12.0 Å². The number of amides is 1. The van der Waals surface area contributed by atoms with Crippen LogP contribution in [0.25, 0.3) is 0 Å². The molecule has 2 unspecified atom stereocenters. The Morgan fingerprint density at radius 3 is 2.28 bits per heavy atom. The number of carbonyl (C=O) groups excluding carboxylic acids is 2. The lowest BCUT2D eigenvalue weighted by atomic mass is 9.80. The van der Waals surface area contributed by atoms with E-state index in [-0.39, 0.29) is 16.9 Å². The molecule has 6 heteroatoms. The molecule has 0 bridgehead atoms. The van der Waals surface area contributed by atoms with Crippen LogP contribution in [0.15, 0.2) is 84.1 Å². The number of carbonyl (C=O) groups is 2. The highest BCUT2D eigenvalue weighted by molar-refractivity contribution is 8.00. The van der Waals surface area contributed by atoms with Gasteiger partial charge in [0.05, 0.1) is 12.4 Å². The summed E-state index contributed by atoms with van der Waals surface area (Å²) in [6.45, 7) is 5.92. The Bertz CT molecular complexity index is 1020. The standard InChI is InChI=1S/C23H22N2O3S/c1-14(2)17-18(20(26)28-3)25-21(27)23(24,16-12-8-5-9-13-16)22(25)29-19(17)15-10-6-4-7-11-15/h4-13,19,22H,1,24H2,2-3H3/t19?,22-,23?/m0/s1. The molecule has 1 amide bonds. The number of esters is 1. The summed E-state index contributed by atoms with van der Waals surface area (Å²) in [6.07, 6.45) is 0.